The van der Waals surface area contributed by atoms with Gasteiger partial charge in [-0.25, -0.2) is 4.98 Å². The van der Waals surface area contributed by atoms with Crippen LogP contribution in [0, 0.1) is 0 Å². The largest absolute Gasteiger partial charge is 0.243 e. The summed E-state index contributed by atoms with van der Waals surface area (Å²) < 4.78 is 1.79. The Morgan fingerprint density at radius 3 is 2.82 bits per heavy atom. The molecule has 3 aromatic heterocycles. The normalized spacial score (nSPS) is 11.5. The molecule has 0 unspecified atom stereocenters. The third kappa shape index (κ3) is 1.70. The minimum absolute atomic E-state index is 0.295. The van der Waals surface area contributed by atoms with E-state index in [1.54, 1.807) is 22.0 Å². The average Bonchev–Trinajstić information content (AvgIpc) is 2.97. The molecule has 3 aromatic rings. The fraction of sp³-hybridized carbons (Fsp3) is 0.273. The number of aromatic nitrogens is 5. The molecular weight excluding hydrogens is 234 g/mol. The molecule has 5 nitrogen and oxygen atoms in total. The number of thiazole rings is 1. The zero-order valence-electron chi connectivity index (χ0n) is 9.53. The second-order valence-electron chi connectivity index (χ2n) is 4.04. The van der Waals surface area contributed by atoms with Crippen molar-refractivity contribution >= 4 is 17.0 Å². The van der Waals surface area contributed by atoms with Crippen molar-refractivity contribution in [2.24, 2.45) is 0 Å². The maximum absolute atomic E-state index is 4.54. The molecule has 0 bridgehead atoms. The third-order valence-corrected chi connectivity index (χ3v) is 3.25. The van der Waals surface area contributed by atoms with E-state index in [4.69, 9.17) is 0 Å². The van der Waals surface area contributed by atoms with E-state index in [1.807, 2.05) is 17.5 Å². The van der Waals surface area contributed by atoms with E-state index < -0.39 is 0 Å². The summed E-state index contributed by atoms with van der Waals surface area (Å²) in [6, 6.07) is 3.84. The Morgan fingerprint density at radius 2 is 2.12 bits per heavy atom. The van der Waals surface area contributed by atoms with Crippen molar-refractivity contribution in [2.45, 2.75) is 19.8 Å². The van der Waals surface area contributed by atoms with Crippen molar-refractivity contribution in [3.05, 3.63) is 29.5 Å². The van der Waals surface area contributed by atoms with Crippen molar-refractivity contribution in [2.75, 3.05) is 0 Å². The molecule has 3 heterocycles. The highest BCUT2D eigenvalue weighted by Gasteiger charge is 2.12. The van der Waals surface area contributed by atoms with Gasteiger partial charge in [-0.1, -0.05) is 13.8 Å². The van der Waals surface area contributed by atoms with E-state index in [9.17, 15) is 0 Å². The van der Waals surface area contributed by atoms with Crippen LogP contribution in [0.25, 0.3) is 16.3 Å². The summed E-state index contributed by atoms with van der Waals surface area (Å²) in [6.07, 6.45) is 1.78. The molecule has 3 rings (SSSR count). The molecule has 0 aromatic carbocycles. The van der Waals surface area contributed by atoms with Crippen LogP contribution in [0.2, 0.25) is 0 Å². The van der Waals surface area contributed by atoms with Crippen LogP contribution in [0.1, 0.15) is 25.6 Å². The number of hydrogen-bond donors (Lipinski definition) is 0. The highest BCUT2D eigenvalue weighted by Crippen LogP contribution is 2.20. The van der Waals surface area contributed by atoms with Crippen LogP contribution in [0.4, 0.5) is 0 Å². The molecule has 0 N–H and O–H groups in total. The summed E-state index contributed by atoms with van der Waals surface area (Å²) in [4.78, 5) is 4.25. The van der Waals surface area contributed by atoms with Gasteiger partial charge in [0.05, 0.1) is 0 Å². The molecule has 0 aliphatic carbocycles. The lowest BCUT2D eigenvalue weighted by atomic mass is 10.2. The van der Waals surface area contributed by atoms with Gasteiger partial charge in [-0.15, -0.1) is 21.5 Å². The molecule has 0 aliphatic rings. The SMILES string of the molecule is CC(C)c1nnc2ccc(-c3nccs3)nn12. The lowest BCUT2D eigenvalue weighted by molar-refractivity contribution is 0.722. The van der Waals surface area contributed by atoms with Gasteiger partial charge in [-0.2, -0.15) is 9.61 Å². The Balaban J connectivity index is 2.20. The molecule has 0 aliphatic heterocycles. The first-order valence-corrected chi connectivity index (χ1v) is 6.26. The maximum Gasteiger partial charge on any atom is 0.177 e. The Labute approximate surface area is 102 Å². The monoisotopic (exact) mass is 245 g/mol. The molecule has 0 saturated carbocycles. The fourth-order valence-electron chi connectivity index (χ4n) is 1.63. The third-order valence-electron chi connectivity index (χ3n) is 2.45. The van der Waals surface area contributed by atoms with E-state index in [1.165, 1.54) is 0 Å². The first kappa shape index (κ1) is 10.3. The van der Waals surface area contributed by atoms with E-state index in [-0.39, 0.29) is 0 Å². The summed E-state index contributed by atoms with van der Waals surface area (Å²) in [6.45, 7) is 4.16. The molecule has 0 spiro atoms. The molecule has 0 amide bonds. The number of rotatable bonds is 2. The van der Waals surface area contributed by atoms with Crippen molar-refractivity contribution in [3.63, 3.8) is 0 Å². The lowest BCUT2D eigenvalue weighted by Gasteiger charge is -2.02. The number of hydrogen-bond acceptors (Lipinski definition) is 5. The number of fused-ring (bicyclic) bond motifs is 1. The van der Waals surface area contributed by atoms with Gasteiger partial charge in [-0.05, 0) is 12.1 Å². The van der Waals surface area contributed by atoms with Gasteiger partial charge in [0.1, 0.15) is 10.7 Å². The average molecular weight is 245 g/mol. The first-order chi connectivity index (χ1) is 8.25. The van der Waals surface area contributed by atoms with Gasteiger partial charge >= 0.3 is 0 Å². The van der Waals surface area contributed by atoms with Crippen LogP contribution in [-0.2, 0) is 0 Å². The summed E-state index contributed by atoms with van der Waals surface area (Å²) in [5, 5.41) is 15.6. The zero-order valence-corrected chi connectivity index (χ0v) is 10.3. The quantitative estimate of drug-likeness (QED) is 0.695. The predicted molar refractivity (Wildman–Crippen MR) is 66.0 cm³/mol. The second-order valence-corrected chi connectivity index (χ2v) is 4.93. The van der Waals surface area contributed by atoms with Crippen molar-refractivity contribution < 1.29 is 0 Å². The molecule has 17 heavy (non-hydrogen) atoms. The maximum atomic E-state index is 4.54. The fourth-order valence-corrected chi connectivity index (χ4v) is 2.23. The van der Waals surface area contributed by atoms with Crippen LogP contribution in [0.15, 0.2) is 23.7 Å². The summed E-state index contributed by atoms with van der Waals surface area (Å²) in [7, 11) is 0. The number of nitrogens with zero attached hydrogens (tertiary/aromatic N) is 5. The van der Waals surface area contributed by atoms with Crippen LogP contribution < -0.4 is 0 Å². The Morgan fingerprint density at radius 1 is 1.24 bits per heavy atom. The minimum Gasteiger partial charge on any atom is -0.243 e. The lowest BCUT2D eigenvalue weighted by Crippen LogP contribution is -2.01. The van der Waals surface area contributed by atoms with Crippen molar-refractivity contribution in [1.82, 2.24) is 24.8 Å². The zero-order chi connectivity index (χ0) is 11.8. The Hall–Kier alpha value is -1.82. The standard InChI is InChI=1S/C11H11N5S/c1-7(2)10-14-13-9-4-3-8(15-16(9)10)11-12-5-6-17-11/h3-7H,1-2H3. The van der Waals surface area contributed by atoms with Crippen LogP contribution in [0.5, 0.6) is 0 Å². The van der Waals surface area contributed by atoms with E-state index in [0.717, 1.165) is 22.2 Å². The van der Waals surface area contributed by atoms with E-state index >= 15 is 0 Å². The molecule has 0 radical (unpaired) electrons. The van der Waals surface area contributed by atoms with Gasteiger partial charge in [0.15, 0.2) is 11.5 Å². The molecule has 86 valence electrons. The van der Waals surface area contributed by atoms with Crippen molar-refractivity contribution in [3.8, 4) is 10.7 Å². The van der Waals surface area contributed by atoms with Gasteiger partial charge in [-0.3, -0.25) is 0 Å². The minimum atomic E-state index is 0.295. The molecule has 0 saturated heterocycles. The Kier molecular flexibility index (Phi) is 2.36. The van der Waals surface area contributed by atoms with Gasteiger partial charge in [0, 0.05) is 17.5 Å². The predicted octanol–water partition coefficient (Wildman–Crippen LogP) is 2.37. The first-order valence-electron chi connectivity index (χ1n) is 5.38. The smallest absolute Gasteiger partial charge is 0.177 e. The van der Waals surface area contributed by atoms with Gasteiger partial charge in [0.2, 0.25) is 0 Å². The summed E-state index contributed by atoms with van der Waals surface area (Å²) >= 11 is 1.57. The molecule has 0 atom stereocenters. The van der Waals surface area contributed by atoms with Gasteiger partial charge < -0.3 is 0 Å². The highest BCUT2D eigenvalue weighted by molar-refractivity contribution is 7.13. The molecular formula is C11H11N5S. The van der Waals surface area contributed by atoms with Crippen LogP contribution in [0.3, 0.4) is 0 Å². The van der Waals surface area contributed by atoms with E-state index in [2.05, 4.69) is 34.1 Å². The Bertz CT molecular complexity index is 641. The second kappa shape index (κ2) is 3.89. The van der Waals surface area contributed by atoms with Crippen LogP contribution >= 0.6 is 11.3 Å². The van der Waals surface area contributed by atoms with Crippen molar-refractivity contribution in [1.29, 1.82) is 0 Å². The summed E-state index contributed by atoms with van der Waals surface area (Å²) in [5.74, 6) is 1.17. The highest BCUT2D eigenvalue weighted by atomic mass is 32.1. The van der Waals surface area contributed by atoms with Gasteiger partial charge in [0.25, 0.3) is 0 Å². The molecule has 0 fully saturated rings. The topological polar surface area (TPSA) is 56.0 Å². The van der Waals surface area contributed by atoms with E-state index in [0.29, 0.717) is 5.92 Å². The van der Waals surface area contributed by atoms with Crippen LogP contribution in [-0.4, -0.2) is 24.8 Å². The molecule has 6 heteroatoms. The summed E-state index contributed by atoms with van der Waals surface area (Å²) in [5.41, 5.74) is 1.63.